The van der Waals surface area contributed by atoms with Gasteiger partial charge in [0.15, 0.2) is 0 Å². The second-order valence-electron chi connectivity index (χ2n) is 3.72. The Labute approximate surface area is 76.8 Å². The van der Waals surface area contributed by atoms with Crippen molar-refractivity contribution in [3.05, 3.63) is 35.5 Å². The molecule has 2 aromatic rings. The van der Waals surface area contributed by atoms with Crippen molar-refractivity contribution in [2.24, 2.45) is 5.73 Å². The maximum absolute atomic E-state index is 5.99. The van der Waals surface area contributed by atoms with Gasteiger partial charge in [0.05, 0.1) is 0 Å². The molecule has 0 saturated carbocycles. The average Bonchev–Trinajstić information content (AvgIpc) is 2.70. The Morgan fingerprint density at radius 3 is 3.15 bits per heavy atom. The summed E-state index contributed by atoms with van der Waals surface area (Å²) in [4.78, 5) is 3.28. The van der Waals surface area contributed by atoms with Crippen molar-refractivity contribution in [3.63, 3.8) is 0 Å². The van der Waals surface area contributed by atoms with Crippen LogP contribution in [-0.4, -0.2) is 4.98 Å². The van der Waals surface area contributed by atoms with E-state index in [1.54, 1.807) is 0 Å². The molecule has 3 N–H and O–H groups in total. The SMILES string of the molecule is N[C@@H]1CCc2c1ccc1cc[nH]c21. The van der Waals surface area contributed by atoms with E-state index < -0.39 is 0 Å². The van der Waals surface area contributed by atoms with Crippen LogP contribution in [-0.2, 0) is 6.42 Å². The monoisotopic (exact) mass is 172 g/mol. The number of aromatic amines is 1. The number of hydrogen-bond donors (Lipinski definition) is 2. The molecule has 0 fully saturated rings. The van der Waals surface area contributed by atoms with E-state index in [-0.39, 0.29) is 6.04 Å². The molecule has 1 aromatic carbocycles. The largest absolute Gasteiger partial charge is 0.361 e. The topological polar surface area (TPSA) is 41.8 Å². The van der Waals surface area contributed by atoms with Crippen LogP contribution in [0.25, 0.3) is 10.9 Å². The summed E-state index contributed by atoms with van der Waals surface area (Å²) < 4.78 is 0. The second kappa shape index (κ2) is 2.36. The fourth-order valence-electron chi connectivity index (χ4n) is 2.28. The molecule has 1 heterocycles. The van der Waals surface area contributed by atoms with E-state index in [4.69, 9.17) is 5.73 Å². The summed E-state index contributed by atoms with van der Waals surface area (Å²) in [6, 6.07) is 6.68. The van der Waals surface area contributed by atoms with Gasteiger partial charge in [0.1, 0.15) is 0 Å². The maximum atomic E-state index is 5.99. The van der Waals surface area contributed by atoms with Crippen molar-refractivity contribution >= 4 is 10.9 Å². The van der Waals surface area contributed by atoms with Gasteiger partial charge in [-0.3, -0.25) is 0 Å². The van der Waals surface area contributed by atoms with Crippen molar-refractivity contribution in [2.45, 2.75) is 18.9 Å². The van der Waals surface area contributed by atoms with Crippen molar-refractivity contribution in [1.29, 1.82) is 0 Å². The summed E-state index contributed by atoms with van der Waals surface area (Å²) in [5.41, 5.74) is 10.0. The lowest BCUT2D eigenvalue weighted by Gasteiger charge is -2.04. The average molecular weight is 172 g/mol. The lowest BCUT2D eigenvalue weighted by Crippen LogP contribution is -2.04. The molecular weight excluding hydrogens is 160 g/mol. The molecule has 3 rings (SSSR count). The van der Waals surface area contributed by atoms with E-state index in [2.05, 4.69) is 23.2 Å². The molecule has 13 heavy (non-hydrogen) atoms. The zero-order chi connectivity index (χ0) is 8.84. The van der Waals surface area contributed by atoms with Crippen LogP contribution in [0.15, 0.2) is 24.4 Å². The molecule has 1 atom stereocenters. The van der Waals surface area contributed by atoms with Crippen molar-refractivity contribution in [1.82, 2.24) is 4.98 Å². The Balaban J connectivity index is 2.39. The highest BCUT2D eigenvalue weighted by Crippen LogP contribution is 2.33. The van der Waals surface area contributed by atoms with Crippen LogP contribution in [0.5, 0.6) is 0 Å². The molecular formula is C11H12N2. The van der Waals surface area contributed by atoms with Gasteiger partial charge in [0.25, 0.3) is 0 Å². The first-order valence-electron chi connectivity index (χ1n) is 4.71. The van der Waals surface area contributed by atoms with Crippen LogP contribution in [0.2, 0.25) is 0 Å². The standard InChI is InChI=1S/C11H12N2/c12-10-4-3-9-8(10)2-1-7-5-6-13-11(7)9/h1-2,5-6,10,13H,3-4,12H2/t10-/m1/s1. The minimum absolute atomic E-state index is 0.252. The predicted octanol–water partition coefficient (Wildman–Crippen LogP) is 2.11. The van der Waals surface area contributed by atoms with E-state index >= 15 is 0 Å². The van der Waals surface area contributed by atoms with E-state index in [9.17, 15) is 0 Å². The van der Waals surface area contributed by atoms with E-state index in [0.29, 0.717) is 0 Å². The first-order valence-corrected chi connectivity index (χ1v) is 4.71. The van der Waals surface area contributed by atoms with Gasteiger partial charge in [-0.1, -0.05) is 12.1 Å². The normalized spacial score (nSPS) is 20.8. The highest BCUT2D eigenvalue weighted by atomic mass is 14.7. The van der Waals surface area contributed by atoms with Crippen LogP contribution in [0, 0.1) is 0 Å². The van der Waals surface area contributed by atoms with Crippen LogP contribution < -0.4 is 5.73 Å². The molecule has 0 aliphatic heterocycles. The molecule has 0 amide bonds. The molecule has 2 nitrogen and oxygen atoms in total. The lowest BCUT2D eigenvalue weighted by molar-refractivity contribution is 0.713. The molecule has 1 aliphatic rings. The summed E-state index contributed by atoms with van der Waals surface area (Å²) in [5, 5.41) is 1.30. The van der Waals surface area contributed by atoms with Gasteiger partial charge in [-0.05, 0) is 35.4 Å². The molecule has 0 bridgehead atoms. The number of benzene rings is 1. The minimum atomic E-state index is 0.252. The van der Waals surface area contributed by atoms with Gasteiger partial charge in [-0.15, -0.1) is 0 Å². The highest BCUT2D eigenvalue weighted by molar-refractivity contribution is 5.84. The molecule has 0 saturated heterocycles. The third-order valence-corrected chi connectivity index (χ3v) is 2.98. The first kappa shape index (κ1) is 7.15. The van der Waals surface area contributed by atoms with Crippen molar-refractivity contribution in [3.8, 4) is 0 Å². The van der Waals surface area contributed by atoms with Crippen molar-refractivity contribution < 1.29 is 0 Å². The van der Waals surface area contributed by atoms with Gasteiger partial charge >= 0.3 is 0 Å². The second-order valence-corrected chi connectivity index (χ2v) is 3.72. The number of H-pyrrole nitrogens is 1. The Hall–Kier alpha value is -1.28. The van der Waals surface area contributed by atoms with Crippen LogP contribution in [0.1, 0.15) is 23.6 Å². The number of rotatable bonds is 0. The number of nitrogens with two attached hydrogens (primary N) is 1. The van der Waals surface area contributed by atoms with Gasteiger partial charge in [0, 0.05) is 17.8 Å². The number of aryl methyl sites for hydroxylation is 1. The van der Waals surface area contributed by atoms with E-state index in [1.165, 1.54) is 22.0 Å². The molecule has 0 radical (unpaired) electrons. The molecule has 1 aromatic heterocycles. The number of hydrogen-bond acceptors (Lipinski definition) is 1. The Kier molecular flexibility index (Phi) is 1.30. The maximum Gasteiger partial charge on any atom is 0.0489 e. The van der Waals surface area contributed by atoms with E-state index in [1.807, 2.05) is 6.20 Å². The fourth-order valence-corrected chi connectivity index (χ4v) is 2.28. The molecule has 0 unspecified atom stereocenters. The van der Waals surface area contributed by atoms with E-state index in [0.717, 1.165) is 12.8 Å². The molecule has 66 valence electrons. The summed E-state index contributed by atoms with van der Waals surface area (Å²) in [5.74, 6) is 0. The highest BCUT2D eigenvalue weighted by Gasteiger charge is 2.20. The molecule has 2 heteroatoms. The Morgan fingerprint density at radius 2 is 2.23 bits per heavy atom. The summed E-state index contributed by atoms with van der Waals surface area (Å²) >= 11 is 0. The quantitative estimate of drug-likeness (QED) is 0.628. The number of aromatic nitrogens is 1. The van der Waals surface area contributed by atoms with Crippen LogP contribution in [0.4, 0.5) is 0 Å². The smallest absolute Gasteiger partial charge is 0.0489 e. The van der Waals surface area contributed by atoms with Crippen LogP contribution >= 0.6 is 0 Å². The van der Waals surface area contributed by atoms with Crippen molar-refractivity contribution in [2.75, 3.05) is 0 Å². The third kappa shape index (κ3) is 0.864. The first-order chi connectivity index (χ1) is 6.36. The predicted molar refractivity (Wildman–Crippen MR) is 53.5 cm³/mol. The summed E-state index contributed by atoms with van der Waals surface area (Å²) in [7, 11) is 0. The van der Waals surface area contributed by atoms with Gasteiger partial charge in [0.2, 0.25) is 0 Å². The Bertz CT molecular complexity index is 456. The summed E-state index contributed by atoms with van der Waals surface area (Å²) in [6.07, 6.45) is 4.20. The third-order valence-electron chi connectivity index (χ3n) is 2.98. The number of fused-ring (bicyclic) bond motifs is 3. The van der Waals surface area contributed by atoms with Gasteiger partial charge in [-0.25, -0.2) is 0 Å². The molecule has 0 spiro atoms. The zero-order valence-corrected chi connectivity index (χ0v) is 7.38. The zero-order valence-electron chi connectivity index (χ0n) is 7.38. The minimum Gasteiger partial charge on any atom is -0.361 e. The molecule has 1 aliphatic carbocycles. The fraction of sp³-hybridized carbons (Fsp3) is 0.273. The number of nitrogens with one attached hydrogen (secondary N) is 1. The van der Waals surface area contributed by atoms with Gasteiger partial charge in [-0.2, -0.15) is 0 Å². The summed E-state index contributed by atoms with van der Waals surface area (Å²) in [6.45, 7) is 0. The van der Waals surface area contributed by atoms with Crippen LogP contribution in [0.3, 0.4) is 0 Å². The Morgan fingerprint density at radius 1 is 1.31 bits per heavy atom. The lowest BCUT2D eigenvalue weighted by atomic mass is 10.1. The van der Waals surface area contributed by atoms with Gasteiger partial charge < -0.3 is 10.7 Å².